The summed E-state index contributed by atoms with van der Waals surface area (Å²) in [6.45, 7) is 4.36. The number of benzene rings is 1. The molecular weight excluding hydrogens is 344 g/mol. The van der Waals surface area contributed by atoms with Crippen molar-refractivity contribution < 1.29 is 4.79 Å². The molecule has 6 heteroatoms. The summed E-state index contributed by atoms with van der Waals surface area (Å²) in [4.78, 5) is 25.6. The standard InChI is InChI=1S/C20H22N4OS/c1-2-21-19(25)15-8-10-24(11-9-15)18-16-12-17(14-6-4-3-5-7-14)26-20(16)23-13-22-18/h3-7,12-13,15H,2,8-11H2,1H3,(H,21,25). The molecule has 0 bridgehead atoms. The maximum absolute atomic E-state index is 12.1. The van der Waals surface area contributed by atoms with Crippen molar-refractivity contribution in [2.24, 2.45) is 5.92 Å². The second-order valence-corrected chi connectivity index (χ2v) is 7.58. The van der Waals surface area contributed by atoms with Crippen LogP contribution in [0.15, 0.2) is 42.7 Å². The van der Waals surface area contributed by atoms with Gasteiger partial charge in [0.15, 0.2) is 0 Å². The van der Waals surface area contributed by atoms with Gasteiger partial charge in [-0.05, 0) is 31.4 Å². The summed E-state index contributed by atoms with van der Waals surface area (Å²) < 4.78 is 0. The highest BCUT2D eigenvalue weighted by atomic mass is 32.1. The Kier molecular flexibility index (Phi) is 4.84. The monoisotopic (exact) mass is 366 g/mol. The van der Waals surface area contributed by atoms with Gasteiger partial charge in [-0.2, -0.15) is 0 Å². The molecule has 26 heavy (non-hydrogen) atoms. The van der Waals surface area contributed by atoms with Crippen molar-refractivity contribution in [1.29, 1.82) is 0 Å². The minimum absolute atomic E-state index is 0.117. The number of amides is 1. The average Bonchev–Trinajstić information content (AvgIpc) is 3.13. The molecule has 1 fully saturated rings. The predicted molar refractivity (Wildman–Crippen MR) is 106 cm³/mol. The topological polar surface area (TPSA) is 58.1 Å². The van der Waals surface area contributed by atoms with Crippen molar-refractivity contribution in [1.82, 2.24) is 15.3 Å². The van der Waals surface area contributed by atoms with E-state index in [0.717, 1.165) is 42.0 Å². The van der Waals surface area contributed by atoms with Crippen LogP contribution in [0.2, 0.25) is 0 Å². The predicted octanol–water partition coefficient (Wildman–Crippen LogP) is 3.71. The number of rotatable bonds is 4. The van der Waals surface area contributed by atoms with Crippen molar-refractivity contribution in [3.63, 3.8) is 0 Å². The van der Waals surface area contributed by atoms with Gasteiger partial charge in [-0.25, -0.2) is 9.97 Å². The molecule has 4 rings (SSSR count). The Labute approximate surface area is 157 Å². The Hall–Kier alpha value is -2.47. The maximum atomic E-state index is 12.1. The summed E-state index contributed by atoms with van der Waals surface area (Å²) in [6.07, 6.45) is 3.39. The number of fused-ring (bicyclic) bond motifs is 1. The third-order valence-electron chi connectivity index (χ3n) is 4.88. The van der Waals surface area contributed by atoms with Gasteiger partial charge in [0.1, 0.15) is 17.0 Å². The maximum Gasteiger partial charge on any atom is 0.223 e. The van der Waals surface area contributed by atoms with Gasteiger partial charge in [-0.15, -0.1) is 11.3 Å². The smallest absolute Gasteiger partial charge is 0.223 e. The zero-order chi connectivity index (χ0) is 17.9. The number of carbonyl (C=O) groups excluding carboxylic acids is 1. The molecule has 1 amide bonds. The van der Waals surface area contributed by atoms with Gasteiger partial charge in [-0.3, -0.25) is 4.79 Å². The summed E-state index contributed by atoms with van der Waals surface area (Å²) in [5.41, 5.74) is 1.20. The first-order valence-corrected chi connectivity index (χ1v) is 9.90. The number of anilines is 1. The Morgan fingerprint density at radius 2 is 2.00 bits per heavy atom. The van der Waals surface area contributed by atoms with E-state index in [9.17, 15) is 4.79 Å². The molecule has 5 nitrogen and oxygen atoms in total. The Balaban J connectivity index is 1.58. The molecule has 1 N–H and O–H groups in total. The molecule has 0 spiro atoms. The molecule has 1 aliphatic rings. The fraction of sp³-hybridized carbons (Fsp3) is 0.350. The second-order valence-electron chi connectivity index (χ2n) is 6.55. The number of nitrogens with zero attached hydrogens (tertiary/aromatic N) is 3. The van der Waals surface area contributed by atoms with E-state index in [1.54, 1.807) is 17.7 Å². The molecule has 0 unspecified atom stereocenters. The first-order chi connectivity index (χ1) is 12.8. The minimum atomic E-state index is 0.117. The molecule has 3 aromatic rings. The van der Waals surface area contributed by atoms with Gasteiger partial charge in [0.05, 0.1) is 5.39 Å². The van der Waals surface area contributed by atoms with Gasteiger partial charge in [0, 0.05) is 30.4 Å². The Morgan fingerprint density at radius 3 is 2.73 bits per heavy atom. The largest absolute Gasteiger partial charge is 0.356 e. The van der Waals surface area contributed by atoms with Crippen molar-refractivity contribution >= 4 is 33.3 Å². The van der Waals surface area contributed by atoms with Crippen LogP contribution >= 0.6 is 11.3 Å². The highest BCUT2D eigenvalue weighted by Gasteiger charge is 2.26. The lowest BCUT2D eigenvalue weighted by atomic mass is 9.96. The van der Waals surface area contributed by atoms with Crippen LogP contribution in [-0.2, 0) is 4.79 Å². The van der Waals surface area contributed by atoms with Crippen LogP contribution in [0.5, 0.6) is 0 Å². The first kappa shape index (κ1) is 17.0. The normalized spacial score (nSPS) is 15.3. The van der Waals surface area contributed by atoms with Crippen LogP contribution in [0, 0.1) is 5.92 Å². The van der Waals surface area contributed by atoms with Crippen LogP contribution in [0.1, 0.15) is 19.8 Å². The van der Waals surface area contributed by atoms with Gasteiger partial charge in [0.2, 0.25) is 5.91 Å². The van der Waals surface area contributed by atoms with Crippen LogP contribution in [0.4, 0.5) is 5.82 Å². The molecule has 0 aliphatic carbocycles. The summed E-state index contributed by atoms with van der Waals surface area (Å²) in [5.74, 6) is 1.29. The van der Waals surface area contributed by atoms with Crippen LogP contribution in [0.25, 0.3) is 20.7 Å². The SMILES string of the molecule is CCNC(=O)C1CCN(c2ncnc3sc(-c4ccccc4)cc23)CC1. The zero-order valence-electron chi connectivity index (χ0n) is 14.8. The molecule has 134 valence electrons. The molecule has 1 saturated heterocycles. The van der Waals surface area contributed by atoms with E-state index in [-0.39, 0.29) is 11.8 Å². The fourth-order valence-electron chi connectivity index (χ4n) is 3.51. The van der Waals surface area contributed by atoms with E-state index in [2.05, 4.69) is 50.5 Å². The van der Waals surface area contributed by atoms with E-state index >= 15 is 0 Å². The highest BCUT2D eigenvalue weighted by molar-refractivity contribution is 7.21. The van der Waals surface area contributed by atoms with Crippen LogP contribution in [-0.4, -0.2) is 35.5 Å². The third-order valence-corrected chi connectivity index (χ3v) is 5.98. The zero-order valence-corrected chi connectivity index (χ0v) is 15.6. The van der Waals surface area contributed by atoms with E-state index in [4.69, 9.17) is 0 Å². The lowest BCUT2D eigenvalue weighted by molar-refractivity contribution is -0.125. The van der Waals surface area contributed by atoms with Gasteiger partial charge < -0.3 is 10.2 Å². The average molecular weight is 366 g/mol. The number of hydrogen-bond donors (Lipinski definition) is 1. The fourth-order valence-corrected chi connectivity index (χ4v) is 4.51. The van der Waals surface area contributed by atoms with Gasteiger partial charge in [-0.1, -0.05) is 30.3 Å². The minimum Gasteiger partial charge on any atom is -0.356 e. The molecule has 0 atom stereocenters. The summed E-state index contributed by atoms with van der Waals surface area (Å²) in [5, 5.41) is 4.04. The quantitative estimate of drug-likeness (QED) is 0.765. The molecule has 0 saturated carbocycles. The van der Waals surface area contributed by atoms with Crippen LogP contribution < -0.4 is 10.2 Å². The Bertz CT molecular complexity index is 901. The van der Waals surface area contributed by atoms with Gasteiger partial charge in [0.25, 0.3) is 0 Å². The molecule has 0 radical (unpaired) electrons. The number of carbonyl (C=O) groups is 1. The third kappa shape index (κ3) is 3.29. The summed E-state index contributed by atoms with van der Waals surface area (Å²) in [6, 6.07) is 12.6. The summed E-state index contributed by atoms with van der Waals surface area (Å²) in [7, 11) is 0. The molecule has 1 aromatic carbocycles. The first-order valence-electron chi connectivity index (χ1n) is 9.09. The van der Waals surface area contributed by atoms with E-state index < -0.39 is 0 Å². The van der Waals surface area contributed by atoms with Gasteiger partial charge >= 0.3 is 0 Å². The number of thiophene rings is 1. The lowest BCUT2D eigenvalue weighted by Crippen LogP contribution is -2.40. The Morgan fingerprint density at radius 1 is 1.23 bits per heavy atom. The molecule has 3 heterocycles. The van der Waals surface area contributed by atoms with Crippen molar-refractivity contribution in [2.75, 3.05) is 24.5 Å². The van der Waals surface area contributed by atoms with E-state index in [0.29, 0.717) is 6.54 Å². The van der Waals surface area contributed by atoms with E-state index in [1.807, 2.05) is 13.0 Å². The summed E-state index contributed by atoms with van der Waals surface area (Å²) >= 11 is 1.70. The number of aromatic nitrogens is 2. The lowest BCUT2D eigenvalue weighted by Gasteiger charge is -2.32. The molecular formula is C20H22N4OS. The van der Waals surface area contributed by atoms with Crippen LogP contribution in [0.3, 0.4) is 0 Å². The number of hydrogen-bond acceptors (Lipinski definition) is 5. The van der Waals surface area contributed by atoms with Crippen molar-refractivity contribution in [3.8, 4) is 10.4 Å². The number of nitrogens with one attached hydrogen (secondary N) is 1. The van der Waals surface area contributed by atoms with E-state index in [1.165, 1.54) is 10.4 Å². The molecule has 1 aliphatic heterocycles. The van der Waals surface area contributed by atoms with Crippen molar-refractivity contribution in [3.05, 3.63) is 42.7 Å². The molecule has 2 aromatic heterocycles. The van der Waals surface area contributed by atoms with Crippen molar-refractivity contribution in [2.45, 2.75) is 19.8 Å². The number of piperidine rings is 1. The highest BCUT2D eigenvalue weighted by Crippen LogP contribution is 2.36. The second kappa shape index (κ2) is 7.41.